The average molecular weight is 334 g/mol. The van der Waals surface area contributed by atoms with E-state index in [1.165, 1.54) is 0 Å². The fourth-order valence-electron chi connectivity index (χ4n) is 1.75. The van der Waals surface area contributed by atoms with Crippen molar-refractivity contribution in [2.24, 2.45) is 0 Å². The quantitative estimate of drug-likeness (QED) is 0.519. The molecule has 0 aliphatic rings. The number of carbonyl (C=O) groups is 1. The second-order valence-electron chi connectivity index (χ2n) is 3.90. The summed E-state index contributed by atoms with van der Waals surface area (Å²) in [5.41, 5.74) is 2.15. The summed E-state index contributed by atoms with van der Waals surface area (Å²) in [4.78, 5) is 10.5. The smallest absolute Gasteiger partial charge is 0.124 e. The minimum atomic E-state index is 0.274. The van der Waals surface area contributed by atoms with Crippen molar-refractivity contribution in [1.29, 1.82) is 0 Å². The van der Waals surface area contributed by atoms with Crippen molar-refractivity contribution in [1.82, 2.24) is 0 Å². The summed E-state index contributed by atoms with van der Waals surface area (Å²) in [5, 5.41) is 1.80. The second kappa shape index (κ2) is 6.15. The number of carbonyl (C=O) groups excluding carboxylic acids is 1. The van der Waals surface area contributed by atoms with E-state index in [4.69, 9.17) is 46.4 Å². The molecule has 0 fully saturated rings. The molecule has 2 aromatic carbocycles. The molecule has 98 valence electrons. The third-order valence-electron chi connectivity index (χ3n) is 2.69. The molecule has 0 N–H and O–H groups in total. The minimum Gasteiger partial charge on any atom is -0.303 e. The molecule has 0 radical (unpaired) electrons. The molecule has 0 amide bonds. The first kappa shape index (κ1) is 14.7. The Bertz CT molecular complexity index is 638. The van der Waals surface area contributed by atoms with Crippen LogP contribution in [-0.4, -0.2) is 6.29 Å². The molecule has 0 aliphatic heterocycles. The lowest BCUT2D eigenvalue weighted by Crippen LogP contribution is -1.89. The van der Waals surface area contributed by atoms with Crippen LogP contribution >= 0.6 is 46.4 Å². The van der Waals surface area contributed by atoms with Gasteiger partial charge in [0.25, 0.3) is 0 Å². The van der Waals surface area contributed by atoms with E-state index in [2.05, 4.69) is 0 Å². The number of hydrogen-bond acceptors (Lipinski definition) is 1. The maximum Gasteiger partial charge on any atom is 0.124 e. The molecule has 0 aliphatic carbocycles. The molecule has 2 rings (SSSR count). The molecule has 0 spiro atoms. The van der Waals surface area contributed by atoms with Crippen molar-refractivity contribution >= 4 is 52.7 Å². The van der Waals surface area contributed by atoms with E-state index in [0.29, 0.717) is 25.7 Å². The van der Waals surface area contributed by atoms with Gasteiger partial charge in [0.15, 0.2) is 0 Å². The van der Waals surface area contributed by atoms with Crippen LogP contribution in [0.1, 0.15) is 5.56 Å². The standard InChI is InChI=1S/C14H8Cl4O/c15-10-3-4-11(16)14(18)13(10)9-2-1-8(5-6-19)12(17)7-9/h1-4,6-7H,5H2. The van der Waals surface area contributed by atoms with Crippen LogP contribution < -0.4 is 0 Å². The number of hydrogen-bond donors (Lipinski definition) is 0. The average Bonchev–Trinajstić information content (AvgIpc) is 2.38. The van der Waals surface area contributed by atoms with Gasteiger partial charge in [-0.05, 0) is 29.3 Å². The summed E-state index contributed by atoms with van der Waals surface area (Å²) in [6.07, 6.45) is 1.08. The van der Waals surface area contributed by atoms with Crippen molar-refractivity contribution in [3.63, 3.8) is 0 Å². The number of halogens is 4. The van der Waals surface area contributed by atoms with Crippen molar-refractivity contribution in [2.45, 2.75) is 6.42 Å². The topological polar surface area (TPSA) is 17.1 Å². The zero-order valence-electron chi connectivity index (χ0n) is 9.59. The zero-order valence-corrected chi connectivity index (χ0v) is 12.6. The van der Waals surface area contributed by atoms with Gasteiger partial charge < -0.3 is 4.79 Å². The number of benzene rings is 2. The Morgan fingerprint density at radius 3 is 2.21 bits per heavy atom. The Balaban J connectivity index is 2.57. The maximum absolute atomic E-state index is 10.5. The van der Waals surface area contributed by atoms with Gasteiger partial charge >= 0.3 is 0 Å². The maximum atomic E-state index is 10.5. The zero-order chi connectivity index (χ0) is 14.0. The van der Waals surface area contributed by atoms with Crippen LogP contribution in [0.5, 0.6) is 0 Å². The molecule has 0 saturated carbocycles. The van der Waals surface area contributed by atoms with E-state index >= 15 is 0 Å². The lowest BCUT2D eigenvalue weighted by molar-refractivity contribution is -0.107. The van der Waals surface area contributed by atoms with Crippen molar-refractivity contribution in [2.75, 3.05) is 0 Å². The molecule has 0 saturated heterocycles. The van der Waals surface area contributed by atoms with Gasteiger partial charge in [-0.25, -0.2) is 0 Å². The Morgan fingerprint density at radius 2 is 1.58 bits per heavy atom. The molecule has 0 atom stereocenters. The molecular weight excluding hydrogens is 326 g/mol. The summed E-state index contributed by atoms with van der Waals surface area (Å²) >= 11 is 24.4. The van der Waals surface area contributed by atoms with E-state index in [1.807, 2.05) is 6.07 Å². The molecular formula is C14H8Cl4O. The van der Waals surface area contributed by atoms with Gasteiger partial charge in [0.05, 0.1) is 10.0 Å². The van der Waals surface area contributed by atoms with Crippen LogP contribution in [-0.2, 0) is 11.2 Å². The molecule has 0 heterocycles. The molecule has 19 heavy (non-hydrogen) atoms. The first-order chi connectivity index (χ1) is 9.04. The molecule has 1 nitrogen and oxygen atoms in total. The van der Waals surface area contributed by atoms with Crippen LogP contribution in [0.3, 0.4) is 0 Å². The number of rotatable bonds is 3. The first-order valence-electron chi connectivity index (χ1n) is 5.40. The summed E-state index contributed by atoms with van der Waals surface area (Å²) in [6, 6.07) is 8.63. The van der Waals surface area contributed by atoms with E-state index in [9.17, 15) is 4.79 Å². The van der Waals surface area contributed by atoms with Gasteiger partial charge in [0.1, 0.15) is 6.29 Å². The highest BCUT2D eigenvalue weighted by molar-refractivity contribution is 6.46. The van der Waals surface area contributed by atoms with E-state index in [-0.39, 0.29) is 6.42 Å². The van der Waals surface area contributed by atoms with Gasteiger partial charge in [-0.1, -0.05) is 58.5 Å². The van der Waals surface area contributed by atoms with Crippen LogP contribution in [0.25, 0.3) is 11.1 Å². The molecule has 0 bridgehead atoms. The molecule has 0 unspecified atom stereocenters. The van der Waals surface area contributed by atoms with Crippen molar-refractivity contribution in [3.8, 4) is 11.1 Å². The van der Waals surface area contributed by atoms with Crippen LogP contribution in [0.2, 0.25) is 20.1 Å². The lowest BCUT2D eigenvalue weighted by Gasteiger charge is -2.10. The van der Waals surface area contributed by atoms with E-state index in [0.717, 1.165) is 17.4 Å². The molecule has 2 aromatic rings. The molecule has 0 aromatic heterocycles. The van der Waals surface area contributed by atoms with E-state index in [1.54, 1.807) is 24.3 Å². The van der Waals surface area contributed by atoms with Crippen molar-refractivity contribution in [3.05, 3.63) is 56.0 Å². The molecule has 5 heteroatoms. The summed E-state index contributed by atoms with van der Waals surface area (Å²) in [5.74, 6) is 0. The second-order valence-corrected chi connectivity index (χ2v) is 5.49. The normalized spacial score (nSPS) is 10.5. The van der Waals surface area contributed by atoms with Gasteiger partial charge in [0, 0.05) is 22.0 Å². The Morgan fingerprint density at radius 1 is 0.895 bits per heavy atom. The lowest BCUT2D eigenvalue weighted by atomic mass is 10.0. The monoisotopic (exact) mass is 332 g/mol. The van der Waals surface area contributed by atoms with Crippen LogP contribution in [0.4, 0.5) is 0 Å². The SMILES string of the molecule is O=CCc1ccc(-c2c(Cl)ccc(Cl)c2Cl)cc1Cl. The number of aldehydes is 1. The Labute approximate surface area is 131 Å². The Hall–Kier alpha value is -0.730. The Kier molecular flexibility index (Phi) is 4.75. The van der Waals surface area contributed by atoms with Gasteiger partial charge in [-0.2, -0.15) is 0 Å². The first-order valence-corrected chi connectivity index (χ1v) is 6.91. The highest BCUT2D eigenvalue weighted by Crippen LogP contribution is 2.40. The van der Waals surface area contributed by atoms with Gasteiger partial charge in [0.2, 0.25) is 0 Å². The summed E-state index contributed by atoms with van der Waals surface area (Å²) < 4.78 is 0. The summed E-state index contributed by atoms with van der Waals surface area (Å²) in [6.45, 7) is 0. The van der Waals surface area contributed by atoms with Crippen LogP contribution in [0, 0.1) is 0 Å². The minimum absolute atomic E-state index is 0.274. The predicted octanol–water partition coefficient (Wildman–Crippen LogP) is 5.71. The predicted molar refractivity (Wildman–Crippen MR) is 81.7 cm³/mol. The third kappa shape index (κ3) is 3.06. The highest BCUT2D eigenvalue weighted by atomic mass is 35.5. The fraction of sp³-hybridized carbons (Fsp3) is 0.0714. The van der Waals surface area contributed by atoms with Gasteiger partial charge in [-0.15, -0.1) is 0 Å². The summed E-state index contributed by atoms with van der Waals surface area (Å²) in [7, 11) is 0. The van der Waals surface area contributed by atoms with E-state index < -0.39 is 0 Å². The highest BCUT2D eigenvalue weighted by Gasteiger charge is 2.13. The van der Waals surface area contributed by atoms with Crippen molar-refractivity contribution < 1.29 is 4.79 Å². The van der Waals surface area contributed by atoms with Gasteiger partial charge in [-0.3, -0.25) is 0 Å². The largest absolute Gasteiger partial charge is 0.303 e. The van der Waals surface area contributed by atoms with Crippen LogP contribution in [0.15, 0.2) is 30.3 Å². The fourth-order valence-corrected chi connectivity index (χ4v) is 2.75. The third-order valence-corrected chi connectivity index (χ3v) is 4.16.